The lowest BCUT2D eigenvalue weighted by atomic mass is 9.93. The van der Waals surface area contributed by atoms with Gasteiger partial charge in [0.15, 0.2) is 0 Å². The van der Waals surface area contributed by atoms with Gasteiger partial charge in [-0.05, 0) is 26.7 Å². The van der Waals surface area contributed by atoms with Gasteiger partial charge >= 0.3 is 0 Å². The van der Waals surface area contributed by atoms with Gasteiger partial charge in [-0.1, -0.05) is 15.9 Å². The van der Waals surface area contributed by atoms with Crippen molar-refractivity contribution in [3.05, 3.63) is 0 Å². The molecule has 86 valence electrons. The third-order valence-electron chi connectivity index (χ3n) is 2.91. The number of piperidine rings is 1. The van der Waals surface area contributed by atoms with Crippen LogP contribution in [-0.2, 0) is 9.59 Å². The number of hydrogen-bond donors (Lipinski definition) is 1. The molecule has 1 heterocycles. The van der Waals surface area contributed by atoms with Crippen molar-refractivity contribution in [2.45, 2.75) is 37.6 Å². The zero-order chi connectivity index (χ0) is 11.6. The van der Waals surface area contributed by atoms with E-state index in [1.54, 1.807) is 11.8 Å². The Balaban J connectivity index is 2.69. The topological polar surface area (TPSA) is 63.4 Å². The normalized spacial score (nSPS) is 28.6. The van der Waals surface area contributed by atoms with Crippen LogP contribution in [0.1, 0.15) is 26.7 Å². The number of carbonyl (C=O) groups excluding carboxylic acids is 2. The Morgan fingerprint density at radius 3 is 2.53 bits per heavy atom. The Kier molecular flexibility index (Phi) is 4.13. The molecular weight excluding hydrogens is 260 g/mol. The van der Waals surface area contributed by atoms with Gasteiger partial charge in [0.2, 0.25) is 11.8 Å². The minimum absolute atomic E-state index is 0.0356. The second-order valence-corrected chi connectivity index (χ2v) is 5.51. The third-order valence-corrected chi connectivity index (χ3v) is 3.30. The van der Waals surface area contributed by atoms with Crippen LogP contribution >= 0.6 is 15.9 Å². The lowest BCUT2D eigenvalue weighted by Gasteiger charge is -2.37. The molecule has 5 heteroatoms. The zero-order valence-corrected chi connectivity index (χ0v) is 10.7. The number of nitrogens with two attached hydrogens (primary N) is 1. The monoisotopic (exact) mass is 276 g/mol. The first-order valence-corrected chi connectivity index (χ1v) is 6.09. The minimum atomic E-state index is -0.304. The number of hydrogen-bond acceptors (Lipinski definition) is 2. The fraction of sp³-hybridized carbons (Fsp3) is 0.800. The first-order valence-electron chi connectivity index (χ1n) is 5.17. The molecule has 1 aliphatic heterocycles. The molecule has 0 spiro atoms. The summed E-state index contributed by atoms with van der Waals surface area (Å²) in [4.78, 5) is 24.4. The summed E-state index contributed by atoms with van der Waals surface area (Å²) in [5.74, 6) is -0.452. The van der Waals surface area contributed by atoms with E-state index >= 15 is 0 Å². The average molecular weight is 277 g/mol. The van der Waals surface area contributed by atoms with E-state index in [2.05, 4.69) is 15.9 Å². The quantitative estimate of drug-likeness (QED) is 0.762. The van der Waals surface area contributed by atoms with E-state index in [9.17, 15) is 9.59 Å². The number of likely N-dealkylation sites (tertiary alicyclic amines) is 1. The SMILES string of the molecule is CC(Br)C(=O)N1CC(C(N)=O)CCC1C. The minimum Gasteiger partial charge on any atom is -0.369 e. The van der Waals surface area contributed by atoms with Crippen molar-refractivity contribution in [3.63, 3.8) is 0 Å². The van der Waals surface area contributed by atoms with Crippen molar-refractivity contribution in [3.8, 4) is 0 Å². The van der Waals surface area contributed by atoms with E-state index in [-0.39, 0.29) is 28.6 Å². The highest BCUT2D eigenvalue weighted by Crippen LogP contribution is 2.23. The number of alkyl halides is 1. The Morgan fingerprint density at radius 1 is 1.47 bits per heavy atom. The molecule has 0 aromatic carbocycles. The average Bonchev–Trinajstić information content (AvgIpc) is 2.16. The molecule has 0 bridgehead atoms. The van der Waals surface area contributed by atoms with Gasteiger partial charge in [-0.15, -0.1) is 0 Å². The molecule has 2 N–H and O–H groups in total. The summed E-state index contributed by atoms with van der Waals surface area (Å²) in [5.41, 5.74) is 5.26. The smallest absolute Gasteiger partial charge is 0.236 e. The molecule has 0 aromatic heterocycles. The lowest BCUT2D eigenvalue weighted by Crippen LogP contribution is -2.50. The van der Waals surface area contributed by atoms with Crippen LogP contribution in [0.3, 0.4) is 0 Å². The summed E-state index contributed by atoms with van der Waals surface area (Å²) in [6.07, 6.45) is 1.63. The van der Waals surface area contributed by atoms with E-state index < -0.39 is 0 Å². The molecule has 1 fully saturated rings. The summed E-state index contributed by atoms with van der Waals surface area (Å²) in [6, 6.07) is 0.202. The van der Waals surface area contributed by atoms with Crippen LogP contribution < -0.4 is 5.73 Å². The number of nitrogens with zero attached hydrogens (tertiary/aromatic N) is 1. The fourth-order valence-corrected chi connectivity index (χ4v) is 2.14. The highest BCUT2D eigenvalue weighted by atomic mass is 79.9. The van der Waals surface area contributed by atoms with Gasteiger partial charge in [0.05, 0.1) is 10.7 Å². The van der Waals surface area contributed by atoms with Crippen LogP contribution in [0.2, 0.25) is 0 Å². The molecule has 0 radical (unpaired) electrons. The van der Waals surface area contributed by atoms with Crippen LogP contribution in [0, 0.1) is 5.92 Å². The van der Waals surface area contributed by atoms with Crippen LogP contribution in [0.5, 0.6) is 0 Å². The Labute approximate surface area is 98.3 Å². The maximum absolute atomic E-state index is 11.8. The molecule has 3 unspecified atom stereocenters. The van der Waals surface area contributed by atoms with Crippen LogP contribution in [0.4, 0.5) is 0 Å². The van der Waals surface area contributed by atoms with E-state index in [0.29, 0.717) is 6.54 Å². The van der Waals surface area contributed by atoms with Gasteiger partial charge in [-0.25, -0.2) is 0 Å². The maximum atomic E-state index is 11.8. The predicted molar refractivity (Wildman–Crippen MR) is 61.5 cm³/mol. The molecule has 1 saturated heterocycles. The highest BCUT2D eigenvalue weighted by Gasteiger charge is 2.32. The van der Waals surface area contributed by atoms with Crippen molar-refractivity contribution < 1.29 is 9.59 Å². The largest absolute Gasteiger partial charge is 0.369 e. The molecule has 0 aromatic rings. The summed E-state index contributed by atoms with van der Waals surface area (Å²) in [7, 11) is 0. The summed E-state index contributed by atoms with van der Waals surface area (Å²) in [6.45, 7) is 4.26. The summed E-state index contributed by atoms with van der Waals surface area (Å²) in [5, 5.41) is 0. The Hall–Kier alpha value is -0.580. The van der Waals surface area contributed by atoms with Gasteiger partial charge < -0.3 is 10.6 Å². The predicted octanol–water partition coefficient (Wildman–Crippen LogP) is 0.882. The van der Waals surface area contributed by atoms with Crippen LogP contribution in [0.15, 0.2) is 0 Å². The Morgan fingerprint density at radius 2 is 2.07 bits per heavy atom. The fourth-order valence-electron chi connectivity index (χ4n) is 1.87. The summed E-state index contributed by atoms with van der Waals surface area (Å²) >= 11 is 3.25. The van der Waals surface area contributed by atoms with E-state index in [1.165, 1.54) is 0 Å². The number of primary amides is 1. The van der Waals surface area contributed by atoms with E-state index in [0.717, 1.165) is 12.8 Å². The number of carbonyl (C=O) groups is 2. The van der Waals surface area contributed by atoms with Crippen molar-refractivity contribution >= 4 is 27.7 Å². The second-order valence-electron chi connectivity index (χ2n) is 4.13. The van der Waals surface area contributed by atoms with Gasteiger partial charge in [0, 0.05) is 12.6 Å². The molecule has 2 amide bonds. The van der Waals surface area contributed by atoms with Gasteiger partial charge in [-0.2, -0.15) is 0 Å². The van der Waals surface area contributed by atoms with Gasteiger partial charge in [-0.3, -0.25) is 9.59 Å². The van der Waals surface area contributed by atoms with Crippen LogP contribution in [0.25, 0.3) is 0 Å². The van der Waals surface area contributed by atoms with E-state index in [4.69, 9.17) is 5.73 Å². The zero-order valence-electron chi connectivity index (χ0n) is 9.07. The highest BCUT2D eigenvalue weighted by molar-refractivity contribution is 9.10. The lowest BCUT2D eigenvalue weighted by molar-refractivity contribution is -0.136. The molecular formula is C10H17BrN2O2. The van der Waals surface area contributed by atoms with Crippen molar-refractivity contribution in [1.82, 2.24) is 4.90 Å². The number of halogens is 1. The van der Waals surface area contributed by atoms with Crippen molar-refractivity contribution in [1.29, 1.82) is 0 Å². The summed E-state index contributed by atoms with van der Waals surface area (Å²) < 4.78 is 0. The first-order chi connectivity index (χ1) is 6.93. The van der Waals surface area contributed by atoms with Gasteiger partial charge in [0.1, 0.15) is 0 Å². The molecule has 15 heavy (non-hydrogen) atoms. The maximum Gasteiger partial charge on any atom is 0.236 e. The number of amides is 2. The van der Waals surface area contributed by atoms with Crippen molar-refractivity contribution in [2.24, 2.45) is 11.7 Å². The van der Waals surface area contributed by atoms with Gasteiger partial charge in [0.25, 0.3) is 0 Å². The molecule has 3 atom stereocenters. The Bertz CT molecular complexity index is 268. The second kappa shape index (κ2) is 4.96. The molecule has 0 saturated carbocycles. The molecule has 1 rings (SSSR count). The molecule has 1 aliphatic rings. The third kappa shape index (κ3) is 2.93. The standard InChI is InChI=1S/C10H17BrN2O2/c1-6-3-4-8(9(12)14)5-13(6)10(15)7(2)11/h6-8H,3-5H2,1-2H3,(H2,12,14). The molecule has 4 nitrogen and oxygen atoms in total. The van der Waals surface area contributed by atoms with E-state index in [1.807, 2.05) is 6.92 Å². The molecule has 0 aliphatic carbocycles. The number of rotatable bonds is 2. The van der Waals surface area contributed by atoms with Crippen LogP contribution in [-0.4, -0.2) is 34.1 Å². The van der Waals surface area contributed by atoms with Crippen molar-refractivity contribution in [2.75, 3.05) is 6.54 Å². The first kappa shape index (κ1) is 12.5.